The van der Waals surface area contributed by atoms with Crippen LogP contribution in [-0.2, 0) is 40.0 Å². The molecule has 0 aliphatic carbocycles. The van der Waals surface area contributed by atoms with Gasteiger partial charge >= 0.3 is 18.0 Å². The number of rotatable bonds is 17. The minimum Gasteiger partial charge on any atom is -0.460 e. The minimum absolute atomic E-state index is 0.00799. The van der Waals surface area contributed by atoms with Crippen LogP contribution in [0.5, 0.6) is 0 Å². The summed E-state index contributed by atoms with van der Waals surface area (Å²) in [7, 11) is 0. The molecule has 0 radical (unpaired) electrons. The maximum Gasteiger partial charge on any atom is 0.408 e. The average Bonchev–Trinajstić information content (AvgIpc) is 2.94. The summed E-state index contributed by atoms with van der Waals surface area (Å²) in [5, 5.41) is 7.94. The van der Waals surface area contributed by atoms with Gasteiger partial charge in [0.15, 0.2) is 0 Å². The smallest absolute Gasteiger partial charge is 0.408 e. The van der Waals surface area contributed by atoms with Crippen molar-refractivity contribution < 1.29 is 38.2 Å². The van der Waals surface area contributed by atoms with Gasteiger partial charge in [-0.25, -0.2) is 9.59 Å². The third-order valence-corrected chi connectivity index (χ3v) is 6.33. The van der Waals surface area contributed by atoms with E-state index in [1.54, 1.807) is 39.8 Å². The summed E-state index contributed by atoms with van der Waals surface area (Å²) < 4.78 is 15.8. The Morgan fingerprint density at radius 1 is 0.907 bits per heavy atom. The van der Waals surface area contributed by atoms with E-state index >= 15 is 0 Å². The topological polar surface area (TPSA) is 149 Å². The number of carbonyl (C=O) groups excluding carboxylic acids is 5. The van der Waals surface area contributed by atoms with E-state index in [1.807, 2.05) is 39.0 Å². The molecule has 3 amide bonds. The maximum absolute atomic E-state index is 13.5. The SMILES string of the molecule is C=CCOC(=O)C(NC(=O)C(CCC(=O)OC(C)(C)C)NC(=O)C(CC(C)C)NC(=O)OCc1ccccc1)C(C)CC. The molecule has 0 saturated carbocycles. The number of carbonyl (C=O) groups is 5. The number of hydrogen-bond donors (Lipinski definition) is 3. The molecule has 1 rings (SSSR count). The number of amides is 3. The van der Waals surface area contributed by atoms with Gasteiger partial charge in [-0.15, -0.1) is 0 Å². The van der Waals surface area contributed by atoms with E-state index < -0.39 is 53.6 Å². The lowest BCUT2D eigenvalue weighted by Crippen LogP contribution is -2.57. The molecule has 11 nitrogen and oxygen atoms in total. The van der Waals surface area contributed by atoms with Gasteiger partial charge in [0.2, 0.25) is 11.8 Å². The molecule has 240 valence electrons. The maximum atomic E-state index is 13.5. The molecule has 0 aromatic heterocycles. The summed E-state index contributed by atoms with van der Waals surface area (Å²) in [6.45, 7) is 16.1. The number of benzene rings is 1. The fraction of sp³-hybridized carbons (Fsp3) is 0.594. The van der Waals surface area contributed by atoms with E-state index in [-0.39, 0.29) is 44.3 Å². The number of hydrogen-bond acceptors (Lipinski definition) is 8. The second-order valence-corrected chi connectivity index (χ2v) is 11.9. The lowest BCUT2D eigenvalue weighted by atomic mass is 9.98. The molecule has 11 heteroatoms. The standard InChI is InChI=1S/C32H49N3O8/c1-9-18-41-30(39)27(22(5)10-2)35-28(37)24(16-17-26(36)43-32(6,7)8)33-29(38)25(19-21(3)4)34-31(40)42-20-23-14-12-11-13-15-23/h9,11-15,21-22,24-25,27H,1,10,16-20H2,2-8H3,(H,33,38)(H,34,40)(H,35,37). The third-order valence-electron chi connectivity index (χ3n) is 6.33. The Morgan fingerprint density at radius 2 is 1.53 bits per heavy atom. The zero-order valence-electron chi connectivity index (χ0n) is 26.6. The minimum atomic E-state index is -1.21. The highest BCUT2D eigenvalue weighted by Gasteiger charge is 2.33. The van der Waals surface area contributed by atoms with Gasteiger partial charge in [0.1, 0.15) is 36.9 Å². The first-order valence-corrected chi connectivity index (χ1v) is 14.7. The van der Waals surface area contributed by atoms with Crippen LogP contribution < -0.4 is 16.0 Å². The first-order valence-electron chi connectivity index (χ1n) is 14.7. The van der Waals surface area contributed by atoms with Crippen molar-refractivity contribution in [3.8, 4) is 0 Å². The molecule has 0 bridgehead atoms. The molecule has 43 heavy (non-hydrogen) atoms. The molecule has 0 heterocycles. The molecule has 1 aromatic rings. The number of nitrogens with one attached hydrogen (secondary N) is 3. The molecular formula is C32H49N3O8. The monoisotopic (exact) mass is 603 g/mol. The molecule has 4 atom stereocenters. The first kappa shape index (κ1) is 37.1. The van der Waals surface area contributed by atoms with Crippen LogP contribution in [0.3, 0.4) is 0 Å². The van der Waals surface area contributed by atoms with Crippen molar-refractivity contribution in [2.75, 3.05) is 6.61 Å². The zero-order valence-corrected chi connectivity index (χ0v) is 26.6. The molecule has 3 N–H and O–H groups in total. The quantitative estimate of drug-likeness (QED) is 0.136. The van der Waals surface area contributed by atoms with Crippen molar-refractivity contribution in [1.29, 1.82) is 0 Å². The van der Waals surface area contributed by atoms with Crippen LogP contribution in [0, 0.1) is 11.8 Å². The first-order chi connectivity index (χ1) is 20.2. The van der Waals surface area contributed by atoms with Crippen LogP contribution in [0.1, 0.15) is 79.7 Å². The summed E-state index contributed by atoms with van der Waals surface area (Å²) in [6.07, 6.45) is 1.18. The summed E-state index contributed by atoms with van der Waals surface area (Å²) in [6, 6.07) is 5.86. The molecule has 0 fully saturated rings. The lowest BCUT2D eigenvalue weighted by molar-refractivity contribution is -0.155. The van der Waals surface area contributed by atoms with Crippen LogP contribution in [0.15, 0.2) is 43.0 Å². The van der Waals surface area contributed by atoms with Gasteiger partial charge in [0.25, 0.3) is 0 Å². The van der Waals surface area contributed by atoms with Crippen molar-refractivity contribution in [1.82, 2.24) is 16.0 Å². The fourth-order valence-electron chi connectivity index (χ4n) is 3.96. The largest absolute Gasteiger partial charge is 0.460 e. The van der Waals surface area contributed by atoms with Crippen LogP contribution in [-0.4, -0.2) is 60.2 Å². The van der Waals surface area contributed by atoms with Gasteiger partial charge in [-0.05, 0) is 51.0 Å². The van der Waals surface area contributed by atoms with E-state index in [4.69, 9.17) is 14.2 Å². The predicted molar refractivity (Wildman–Crippen MR) is 163 cm³/mol. The lowest BCUT2D eigenvalue weighted by Gasteiger charge is -2.27. The van der Waals surface area contributed by atoms with E-state index in [2.05, 4.69) is 22.5 Å². The van der Waals surface area contributed by atoms with Gasteiger partial charge in [-0.3, -0.25) is 14.4 Å². The Morgan fingerprint density at radius 3 is 2.09 bits per heavy atom. The molecule has 0 aliphatic heterocycles. The highest BCUT2D eigenvalue weighted by molar-refractivity contribution is 5.93. The van der Waals surface area contributed by atoms with E-state index in [0.29, 0.717) is 6.42 Å². The summed E-state index contributed by atoms with van der Waals surface area (Å²) in [4.78, 5) is 64.7. The van der Waals surface area contributed by atoms with Gasteiger partial charge in [0.05, 0.1) is 0 Å². The van der Waals surface area contributed by atoms with E-state index in [9.17, 15) is 24.0 Å². The van der Waals surface area contributed by atoms with E-state index in [0.717, 1.165) is 5.56 Å². The Labute approximate surface area is 255 Å². The number of ether oxygens (including phenoxy) is 3. The normalized spacial score (nSPS) is 14.0. The fourth-order valence-corrected chi connectivity index (χ4v) is 3.96. The van der Waals surface area contributed by atoms with Crippen LogP contribution in [0.4, 0.5) is 4.79 Å². The van der Waals surface area contributed by atoms with Gasteiger partial charge in [-0.2, -0.15) is 0 Å². The van der Waals surface area contributed by atoms with Crippen molar-refractivity contribution in [2.45, 2.75) is 104 Å². The van der Waals surface area contributed by atoms with Crippen molar-refractivity contribution in [3.63, 3.8) is 0 Å². The molecule has 0 spiro atoms. The second kappa shape index (κ2) is 18.6. The third kappa shape index (κ3) is 15.2. The van der Waals surface area contributed by atoms with Crippen molar-refractivity contribution in [2.24, 2.45) is 11.8 Å². The van der Waals surface area contributed by atoms with Gasteiger partial charge in [0, 0.05) is 6.42 Å². The Hall–Kier alpha value is -3.89. The van der Waals surface area contributed by atoms with Crippen LogP contribution in [0.25, 0.3) is 0 Å². The Bertz CT molecular complexity index is 1070. The zero-order chi connectivity index (χ0) is 32.6. The summed E-state index contributed by atoms with van der Waals surface area (Å²) in [5.74, 6) is -2.77. The van der Waals surface area contributed by atoms with Crippen molar-refractivity contribution >= 4 is 29.8 Å². The second-order valence-electron chi connectivity index (χ2n) is 11.9. The predicted octanol–water partition coefficient (Wildman–Crippen LogP) is 4.19. The van der Waals surface area contributed by atoms with Gasteiger partial charge < -0.3 is 30.2 Å². The highest BCUT2D eigenvalue weighted by Crippen LogP contribution is 2.14. The average molecular weight is 604 g/mol. The van der Waals surface area contributed by atoms with Crippen LogP contribution in [0.2, 0.25) is 0 Å². The summed E-state index contributed by atoms with van der Waals surface area (Å²) >= 11 is 0. The molecule has 0 aliphatic rings. The highest BCUT2D eigenvalue weighted by atomic mass is 16.6. The number of alkyl carbamates (subject to hydrolysis) is 1. The molecule has 1 aromatic carbocycles. The molecule has 0 saturated heterocycles. The molecule has 4 unspecified atom stereocenters. The number of esters is 2. The van der Waals surface area contributed by atoms with Crippen LogP contribution >= 0.6 is 0 Å². The summed E-state index contributed by atoms with van der Waals surface area (Å²) in [5.41, 5.74) is 0.0463. The van der Waals surface area contributed by atoms with Gasteiger partial charge in [-0.1, -0.05) is 77.1 Å². The Kier molecular flexibility index (Phi) is 16.1. The Balaban J connectivity index is 3.12. The molecular weight excluding hydrogens is 554 g/mol. The van der Waals surface area contributed by atoms with E-state index in [1.165, 1.54) is 6.08 Å². The van der Waals surface area contributed by atoms with Crippen molar-refractivity contribution in [3.05, 3.63) is 48.6 Å².